The SMILES string of the molecule is COc1ccc(C(=O)NC(NC(=O)c2ccc(OC)c(OC)c2)c2ccc(Br)cc2)cc1OC. The molecule has 3 aromatic carbocycles. The normalized spacial score (nSPS) is 10.4. The molecule has 8 nitrogen and oxygen atoms in total. The second-order valence-electron chi connectivity index (χ2n) is 7.07. The summed E-state index contributed by atoms with van der Waals surface area (Å²) in [6, 6.07) is 16.9. The molecule has 3 rings (SSSR count). The smallest absolute Gasteiger partial charge is 0.253 e. The average molecular weight is 529 g/mol. The molecule has 0 aliphatic rings. The number of nitrogens with one attached hydrogen (secondary N) is 2. The monoisotopic (exact) mass is 528 g/mol. The summed E-state index contributed by atoms with van der Waals surface area (Å²) in [7, 11) is 6.02. The van der Waals surface area contributed by atoms with Gasteiger partial charge in [-0.25, -0.2) is 0 Å². The molecule has 0 heterocycles. The zero-order valence-electron chi connectivity index (χ0n) is 19.2. The Balaban J connectivity index is 1.88. The molecular formula is C25H25BrN2O6. The Hall–Kier alpha value is -3.72. The summed E-state index contributed by atoms with van der Waals surface area (Å²) in [5, 5.41) is 5.74. The number of hydrogen-bond donors (Lipinski definition) is 2. The van der Waals surface area contributed by atoms with Crippen LogP contribution in [0.4, 0.5) is 0 Å². The van der Waals surface area contributed by atoms with Crippen LogP contribution in [0.5, 0.6) is 23.0 Å². The molecule has 0 saturated heterocycles. The van der Waals surface area contributed by atoms with Gasteiger partial charge < -0.3 is 29.6 Å². The lowest BCUT2D eigenvalue weighted by Crippen LogP contribution is -2.41. The van der Waals surface area contributed by atoms with Crippen LogP contribution in [0.1, 0.15) is 32.4 Å². The van der Waals surface area contributed by atoms with Crippen LogP contribution in [-0.4, -0.2) is 40.3 Å². The Morgan fingerprint density at radius 1 is 0.647 bits per heavy atom. The van der Waals surface area contributed by atoms with Crippen molar-refractivity contribution in [1.29, 1.82) is 0 Å². The number of hydrogen-bond acceptors (Lipinski definition) is 6. The molecule has 0 aromatic heterocycles. The summed E-state index contributed by atoms with van der Waals surface area (Å²) in [6.07, 6.45) is -0.811. The minimum atomic E-state index is -0.811. The first-order valence-electron chi connectivity index (χ1n) is 10.2. The molecule has 0 bridgehead atoms. The number of benzene rings is 3. The van der Waals surface area contributed by atoms with Crippen LogP contribution < -0.4 is 29.6 Å². The van der Waals surface area contributed by atoms with Crippen LogP contribution in [0.3, 0.4) is 0 Å². The van der Waals surface area contributed by atoms with Gasteiger partial charge in [0.15, 0.2) is 23.0 Å². The standard InChI is InChI=1S/C25H25BrN2O6/c1-31-19-11-7-16(13-21(19)33-3)24(29)27-23(15-5-9-18(26)10-6-15)28-25(30)17-8-12-20(32-2)22(14-17)34-4/h5-14,23H,1-4H3,(H,27,29)(H,28,30). The van der Waals surface area contributed by atoms with Gasteiger partial charge in [0.2, 0.25) is 0 Å². The van der Waals surface area contributed by atoms with Crippen LogP contribution in [0.15, 0.2) is 65.1 Å². The van der Waals surface area contributed by atoms with E-state index >= 15 is 0 Å². The molecule has 34 heavy (non-hydrogen) atoms. The maximum absolute atomic E-state index is 13.1. The molecule has 2 N–H and O–H groups in total. The van der Waals surface area contributed by atoms with E-state index in [1.807, 2.05) is 12.1 Å². The zero-order valence-corrected chi connectivity index (χ0v) is 20.8. The van der Waals surface area contributed by atoms with Gasteiger partial charge in [-0.15, -0.1) is 0 Å². The summed E-state index contributed by atoms with van der Waals surface area (Å²) in [4.78, 5) is 26.1. The van der Waals surface area contributed by atoms with Crippen molar-refractivity contribution in [2.24, 2.45) is 0 Å². The van der Waals surface area contributed by atoms with Gasteiger partial charge in [0, 0.05) is 15.6 Å². The van der Waals surface area contributed by atoms with E-state index in [9.17, 15) is 9.59 Å². The predicted octanol–water partition coefficient (Wildman–Crippen LogP) is 4.34. The van der Waals surface area contributed by atoms with E-state index in [0.717, 1.165) is 4.47 Å². The average Bonchev–Trinajstić information content (AvgIpc) is 2.87. The summed E-state index contributed by atoms with van der Waals surface area (Å²) in [6.45, 7) is 0. The van der Waals surface area contributed by atoms with Gasteiger partial charge in [0.05, 0.1) is 28.4 Å². The van der Waals surface area contributed by atoms with Crippen molar-refractivity contribution in [1.82, 2.24) is 10.6 Å². The first-order valence-corrected chi connectivity index (χ1v) is 11.0. The number of ether oxygens (including phenoxy) is 4. The maximum atomic E-state index is 13.1. The van der Waals surface area contributed by atoms with Crippen molar-refractivity contribution >= 4 is 27.7 Å². The number of rotatable bonds is 9. The third kappa shape index (κ3) is 5.79. The van der Waals surface area contributed by atoms with Gasteiger partial charge in [-0.2, -0.15) is 0 Å². The molecule has 0 spiro atoms. The second-order valence-corrected chi connectivity index (χ2v) is 7.99. The Bertz CT molecular complexity index is 1100. The first kappa shape index (κ1) is 24.9. The molecule has 178 valence electrons. The Morgan fingerprint density at radius 3 is 1.44 bits per heavy atom. The van der Waals surface area contributed by atoms with Crippen molar-refractivity contribution in [2.75, 3.05) is 28.4 Å². The summed E-state index contributed by atoms with van der Waals surface area (Å²) in [5.74, 6) is 1.05. The summed E-state index contributed by atoms with van der Waals surface area (Å²) < 4.78 is 21.9. The summed E-state index contributed by atoms with van der Waals surface area (Å²) in [5.41, 5.74) is 1.38. The molecule has 3 aromatic rings. The van der Waals surface area contributed by atoms with Crippen molar-refractivity contribution in [3.8, 4) is 23.0 Å². The van der Waals surface area contributed by atoms with Crippen LogP contribution in [0, 0.1) is 0 Å². The van der Waals surface area contributed by atoms with Crippen LogP contribution >= 0.6 is 15.9 Å². The zero-order chi connectivity index (χ0) is 24.7. The minimum absolute atomic E-state index is 0.347. The van der Waals surface area contributed by atoms with E-state index in [2.05, 4.69) is 26.6 Å². The van der Waals surface area contributed by atoms with Gasteiger partial charge >= 0.3 is 0 Å². The molecule has 0 aliphatic carbocycles. The largest absolute Gasteiger partial charge is 0.493 e. The molecular weight excluding hydrogens is 504 g/mol. The van der Waals surface area contributed by atoms with E-state index in [4.69, 9.17) is 18.9 Å². The predicted molar refractivity (Wildman–Crippen MR) is 131 cm³/mol. The number of amides is 2. The van der Waals surface area contributed by atoms with Crippen molar-refractivity contribution in [2.45, 2.75) is 6.17 Å². The Kier molecular flexibility index (Phi) is 8.37. The van der Waals surface area contributed by atoms with Crippen LogP contribution in [-0.2, 0) is 0 Å². The summed E-state index contributed by atoms with van der Waals surface area (Å²) >= 11 is 3.40. The lowest BCUT2D eigenvalue weighted by atomic mass is 10.1. The van der Waals surface area contributed by atoms with Gasteiger partial charge in [-0.1, -0.05) is 28.1 Å². The van der Waals surface area contributed by atoms with Gasteiger partial charge in [-0.3, -0.25) is 9.59 Å². The highest BCUT2D eigenvalue weighted by molar-refractivity contribution is 9.10. The molecule has 0 atom stereocenters. The van der Waals surface area contributed by atoms with Crippen molar-refractivity contribution in [3.63, 3.8) is 0 Å². The first-order chi connectivity index (χ1) is 16.4. The van der Waals surface area contributed by atoms with Gasteiger partial charge in [-0.05, 0) is 54.1 Å². The highest BCUT2D eigenvalue weighted by Gasteiger charge is 2.21. The van der Waals surface area contributed by atoms with E-state index < -0.39 is 18.0 Å². The molecule has 0 radical (unpaired) electrons. The molecule has 2 amide bonds. The van der Waals surface area contributed by atoms with Crippen molar-refractivity contribution in [3.05, 3.63) is 81.8 Å². The fourth-order valence-corrected chi connectivity index (χ4v) is 3.51. The maximum Gasteiger partial charge on any atom is 0.253 e. The highest BCUT2D eigenvalue weighted by Crippen LogP contribution is 2.29. The highest BCUT2D eigenvalue weighted by atomic mass is 79.9. The quantitative estimate of drug-likeness (QED) is 0.401. The van der Waals surface area contributed by atoms with E-state index in [0.29, 0.717) is 39.7 Å². The number of halogens is 1. The Morgan fingerprint density at radius 2 is 1.06 bits per heavy atom. The second kappa shape index (κ2) is 11.4. The minimum Gasteiger partial charge on any atom is -0.493 e. The molecule has 0 saturated carbocycles. The molecule has 9 heteroatoms. The van der Waals surface area contributed by atoms with Gasteiger partial charge in [0.25, 0.3) is 11.8 Å². The van der Waals surface area contributed by atoms with E-state index in [-0.39, 0.29) is 0 Å². The number of carbonyl (C=O) groups is 2. The van der Waals surface area contributed by atoms with Crippen LogP contribution in [0.2, 0.25) is 0 Å². The van der Waals surface area contributed by atoms with Crippen molar-refractivity contribution < 1.29 is 28.5 Å². The molecule has 0 aliphatic heterocycles. The van der Waals surface area contributed by atoms with Crippen LogP contribution in [0.25, 0.3) is 0 Å². The van der Waals surface area contributed by atoms with Gasteiger partial charge in [0.1, 0.15) is 6.17 Å². The lowest BCUT2D eigenvalue weighted by molar-refractivity contribution is 0.0883. The topological polar surface area (TPSA) is 95.1 Å². The van der Waals surface area contributed by atoms with E-state index in [1.54, 1.807) is 48.5 Å². The number of carbonyl (C=O) groups excluding carboxylic acids is 2. The fourth-order valence-electron chi connectivity index (χ4n) is 3.24. The fraction of sp³-hybridized carbons (Fsp3) is 0.200. The Labute approximate surface area is 206 Å². The third-order valence-corrected chi connectivity index (χ3v) is 5.57. The lowest BCUT2D eigenvalue weighted by Gasteiger charge is -2.21. The molecule has 0 fully saturated rings. The molecule has 0 unspecified atom stereocenters. The number of methoxy groups -OCH3 is 4. The third-order valence-electron chi connectivity index (χ3n) is 5.05. The van der Waals surface area contributed by atoms with E-state index in [1.165, 1.54) is 28.4 Å².